The fourth-order valence-electron chi connectivity index (χ4n) is 3.93. The van der Waals surface area contributed by atoms with Crippen LogP contribution < -0.4 is 10.1 Å². The van der Waals surface area contributed by atoms with E-state index >= 15 is 0 Å². The Bertz CT molecular complexity index is 1110. The minimum atomic E-state index is -0.454. The van der Waals surface area contributed by atoms with Gasteiger partial charge in [-0.15, -0.1) is 0 Å². The van der Waals surface area contributed by atoms with Crippen molar-refractivity contribution in [2.75, 3.05) is 131 Å². The average molecular weight is 711 g/mol. The van der Waals surface area contributed by atoms with Crippen LogP contribution in [0.5, 0.6) is 5.75 Å². The number of hydrogen-bond acceptors (Lipinski definition) is 14. The zero-order valence-corrected chi connectivity index (χ0v) is 29.2. The molecule has 1 N–H and O–H groups in total. The predicted octanol–water partition coefficient (Wildman–Crippen LogP) is 4.18. The third kappa shape index (κ3) is 23.1. The normalized spacial score (nSPS) is 11.1. The van der Waals surface area contributed by atoms with Gasteiger partial charge < -0.3 is 52.7 Å². The summed E-state index contributed by atoms with van der Waals surface area (Å²) in [5.41, 5.74) is 1.52. The second kappa shape index (κ2) is 30.4. The van der Waals surface area contributed by atoms with Crippen molar-refractivity contribution in [3.8, 4) is 5.75 Å². The molecule has 0 aliphatic rings. The summed E-state index contributed by atoms with van der Waals surface area (Å²) in [7, 11) is 0. The second-order valence-corrected chi connectivity index (χ2v) is 10.5. The van der Waals surface area contributed by atoms with Crippen molar-refractivity contribution in [1.82, 2.24) is 0 Å². The van der Waals surface area contributed by atoms with E-state index in [2.05, 4.69) is 12.2 Å². The van der Waals surface area contributed by atoms with E-state index in [9.17, 15) is 14.9 Å². The fraction of sp³-hybridized carbons (Fsp3) is 0.629. The number of nitro benzene ring substituents is 1. The highest BCUT2D eigenvalue weighted by atomic mass is 16.6. The van der Waals surface area contributed by atoms with Crippen LogP contribution in [-0.4, -0.2) is 136 Å². The van der Waals surface area contributed by atoms with Crippen molar-refractivity contribution < 1.29 is 57.1 Å². The Labute approximate surface area is 294 Å². The van der Waals surface area contributed by atoms with Crippen molar-refractivity contribution in [3.63, 3.8) is 0 Å². The number of non-ortho nitro benzene ring substituents is 1. The molecule has 0 radical (unpaired) electrons. The number of nitrogens with one attached hydrogen (secondary N) is 1. The molecule has 0 aliphatic carbocycles. The van der Waals surface area contributed by atoms with Gasteiger partial charge in [-0.25, -0.2) is 4.79 Å². The molecule has 15 heteroatoms. The molecule has 2 aromatic carbocycles. The molecule has 0 amide bonds. The first-order valence-electron chi connectivity index (χ1n) is 17.1. The van der Waals surface area contributed by atoms with Gasteiger partial charge in [0.2, 0.25) is 0 Å². The van der Waals surface area contributed by atoms with Crippen molar-refractivity contribution in [1.29, 1.82) is 0 Å². The van der Waals surface area contributed by atoms with Crippen molar-refractivity contribution in [3.05, 3.63) is 64.2 Å². The van der Waals surface area contributed by atoms with Gasteiger partial charge in [0.1, 0.15) is 19.0 Å². The minimum absolute atomic E-state index is 0.0221. The zero-order chi connectivity index (χ0) is 35.7. The summed E-state index contributed by atoms with van der Waals surface area (Å²) in [5, 5.41) is 14.0. The highest BCUT2D eigenvalue weighted by molar-refractivity contribution is 5.89. The first-order chi connectivity index (χ1) is 24.6. The Morgan fingerprint density at radius 2 is 0.980 bits per heavy atom. The van der Waals surface area contributed by atoms with E-state index in [1.165, 1.54) is 12.1 Å². The fourth-order valence-corrected chi connectivity index (χ4v) is 3.93. The number of nitro groups is 1. The lowest BCUT2D eigenvalue weighted by Crippen LogP contribution is -2.15. The summed E-state index contributed by atoms with van der Waals surface area (Å²) in [6, 6.07) is 13.2. The Balaban J connectivity index is 1.21. The lowest BCUT2D eigenvalue weighted by molar-refractivity contribution is -0.384. The van der Waals surface area contributed by atoms with Crippen LogP contribution in [0, 0.1) is 10.1 Å². The number of hydrogen-bond donors (Lipinski definition) is 1. The number of esters is 1. The molecule has 0 bridgehead atoms. The molecule has 0 saturated carbocycles. The molecule has 2 rings (SSSR count). The summed E-state index contributed by atoms with van der Waals surface area (Å²) in [5.74, 6) is 0.183. The van der Waals surface area contributed by atoms with Crippen LogP contribution in [0.15, 0.2) is 48.5 Å². The quantitative estimate of drug-likeness (QED) is 0.0476. The van der Waals surface area contributed by atoms with Gasteiger partial charge in [0.25, 0.3) is 5.69 Å². The van der Waals surface area contributed by atoms with Crippen LogP contribution in [0.2, 0.25) is 0 Å². The first-order valence-corrected chi connectivity index (χ1v) is 17.1. The molecule has 0 atom stereocenters. The number of benzene rings is 2. The van der Waals surface area contributed by atoms with E-state index in [4.69, 9.17) is 47.4 Å². The lowest BCUT2D eigenvalue weighted by Gasteiger charge is -2.09. The Kier molecular flexibility index (Phi) is 26.0. The van der Waals surface area contributed by atoms with Gasteiger partial charge >= 0.3 is 5.97 Å². The molecular weight excluding hydrogens is 656 g/mol. The molecule has 0 spiro atoms. The zero-order valence-electron chi connectivity index (χ0n) is 29.2. The van der Waals surface area contributed by atoms with Crippen LogP contribution in [0.1, 0.15) is 30.1 Å². The minimum Gasteiger partial charge on any atom is -0.491 e. The number of carbonyl (C=O) groups is 1. The highest BCUT2D eigenvalue weighted by Crippen LogP contribution is 2.17. The number of nitrogens with zero attached hydrogens (tertiary/aromatic N) is 1. The second-order valence-electron chi connectivity index (χ2n) is 10.5. The molecule has 2 aromatic rings. The summed E-state index contributed by atoms with van der Waals surface area (Å²) >= 11 is 0. The van der Waals surface area contributed by atoms with E-state index in [-0.39, 0.29) is 18.3 Å². The molecule has 50 heavy (non-hydrogen) atoms. The molecule has 0 unspecified atom stereocenters. The molecular formula is C35H54N2O13. The van der Waals surface area contributed by atoms with E-state index in [1.807, 2.05) is 12.1 Å². The maximum atomic E-state index is 12.1. The van der Waals surface area contributed by atoms with Gasteiger partial charge in [-0.3, -0.25) is 10.1 Å². The molecule has 0 fully saturated rings. The summed E-state index contributed by atoms with van der Waals surface area (Å²) < 4.78 is 54.4. The first kappa shape index (κ1) is 42.8. The SMILES string of the molecule is CCCCNc1ccc(C(=O)OCCOCCOCCOCCOCCOCCOCCOCCOCCOc2ccc([N+](=O)[O-])cc2)cc1. The van der Waals surface area contributed by atoms with Gasteiger partial charge in [0.15, 0.2) is 0 Å². The van der Waals surface area contributed by atoms with Gasteiger partial charge in [-0.2, -0.15) is 0 Å². The maximum absolute atomic E-state index is 12.1. The van der Waals surface area contributed by atoms with Crippen LogP contribution in [0.4, 0.5) is 11.4 Å². The number of rotatable bonds is 34. The number of unbranched alkanes of at least 4 members (excludes halogenated alkanes) is 1. The van der Waals surface area contributed by atoms with Crippen molar-refractivity contribution in [2.24, 2.45) is 0 Å². The predicted molar refractivity (Wildman–Crippen MR) is 185 cm³/mol. The van der Waals surface area contributed by atoms with Gasteiger partial charge in [0.05, 0.1) is 116 Å². The van der Waals surface area contributed by atoms with E-state index in [0.29, 0.717) is 124 Å². The summed E-state index contributed by atoms with van der Waals surface area (Å²) in [6.45, 7) is 10.6. The maximum Gasteiger partial charge on any atom is 0.338 e. The lowest BCUT2D eigenvalue weighted by atomic mass is 10.2. The van der Waals surface area contributed by atoms with Crippen molar-refractivity contribution >= 4 is 17.3 Å². The van der Waals surface area contributed by atoms with Crippen LogP contribution in [0.3, 0.4) is 0 Å². The summed E-state index contributed by atoms with van der Waals surface area (Å²) in [6.07, 6.45) is 2.23. The number of carbonyl (C=O) groups excluding carboxylic acids is 1. The molecule has 0 aromatic heterocycles. The Morgan fingerprint density at radius 1 is 0.580 bits per heavy atom. The number of ether oxygens (including phenoxy) is 10. The van der Waals surface area contributed by atoms with Crippen LogP contribution in [-0.2, 0) is 42.6 Å². The molecule has 0 heterocycles. The van der Waals surface area contributed by atoms with Crippen LogP contribution >= 0.6 is 0 Å². The smallest absolute Gasteiger partial charge is 0.338 e. The third-order valence-electron chi connectivity index (χ3n) is 6.59. The van der Waals surface area contributed by atoms with Gasteiger partial charge in [0, 0.05) is 24.4 Å². The average Bonchev–Trinajstić information content (AvgIpc) is 3.13. The Hall–Kier alpha value is -3.41. The van der Waals surface area contributed by atoms with Crippen LogP contribution in [0.25, 0.3) is 0 Å². The molecule has 282 valence electrons. The largest absolute Gasteiger partial charge is 0.491 e. The summed E-state index contributed by atoms with van der Waals surface area (Å²) in [4.78, 5) is 22.3. The van der Waals surface area contributed by atoms with E-state index in [1.54, 1.807) is 24.3 Å². The molecule has 0 saturated heterocycles. The topological polar surface area (TPSA) is 165 Å². The van der Waals surface area contributed by atoms with Gasteiger partial charge in [-0.1, -0.05) is 13.3 Å². The number of anilines is 1. The van der Waals surface area contributed by atoms with Crippen molar-refractivity contribution in [2.45, 2.75) is 19.8 Å². The highest BCUT2D eigenvalue weighted by Gasteiger charge is 2.07. The van der Waals surface area contributed by atoms with E-state index < -0.39 is 4.92 Å². The third-order valence-corrected chi connectivity index (χ3v) is 6.59. The molecule has 0 aliphatic heterocycles. The monoisotopic (exact) mass is 710 g/mol. The van der Waals surface area contributed by atoms with Gasteiger partial charge in [-0.05, 0) is 42.8 Å². The standard InChI is InChI=1S/C35H54N2O13/c1-2-3-12-36-32-6-4-31(5-7-32)35(38)50-30-28-48-26-24-46-22-20-44-18-16-42-14-13-41-15-17-43-19-21-45-23-25-47-27-29-49-34-10-8-33(9-11-34)37(39)40/h4-11,36H,2-3,12-30H2,1H3. The van der Waals surface area contributed by atoms with E-state index in [0.717, 1.165) is 25.1 Å². The molecule has 15 nitrogen and oxygen atoms in total. The Morgan fingerprint density at radius 3 is 1.38 bits per heavy atom.